The van der Waals surface area contributed by atoms with Gasteiger partial charge in [-0.1, -0.05) is 66.6 Å². The lowest BCUT2D eigenvalue weighted by atomic mass is 9.85. The van der Waals surface area contributed by atoms with Gasteiger partial charge in [-0.2, -0.15) is 9.61 Å². The molecule has 2 aliphatic rings. The molecule has 2 saturated heterocycles. The summed E-state index contributed by atoms with van der Waals surface area (Å²) in [6.07, 6.45) is 6.96. The molecule has 0 aliphatic carbocycles. The van der Waals surface area contributed by atoms with Gasteiger partial charge >= 0.3 is 6.09 Å². The van der Waals surface area contributed by atoms with E-state index in [0.29, 0.717) is 45.6 Å². The van der Waals surface area contributed by atoms with E-state index >= 15 is 0 Å². The van der Waals surface area contributed by atoms with Crippen LogP contribution in [0.15, 0.2) is 19.0 Å². The fraction of sp³-hybridized carbons (Fsp3) is 0.727. The first kappa shape index (κ1) is 48.4. The van der Waals surface area contributed by atoms with E-state index < -0.39 is 30.1 Å². The van der Waals surface area contributed by atoms with Gasteiger partial charge in [0.2, 0.25) is 0 Å². The Morgan fingerprint density at radius 3 is 2.02 bits per heavy atom. The lowest BCUT2D eigenvalue weighted by molar-refractivity contribution is 0.00566. The number of aromatic nitrogens is 4. The number of fused-ring (bicyclic) bond motifs is 3. The van der Waals surface area contributed by atoms with Gasteiger partial charge in [0.05, 0.1) is 41.1 Å². The topological polar surface area (TPSA) is 113 Å². The standard InChI is InChI=1S/C44H76N6O6SSi3/c1-17-54-31(2)38-39(32-24-33-18-19-34(25-32)49(33)42(51)56-43(3,4)5)47-40-35(36-27-45-37(57-36)28-55-60(15,16)44(6,7)8)26-46-50(40)41(38)48(29-52-20-22-58(9,10)11)30-53-21-23-59(12,13)14/h26-27,32-34H,2,17-25,28-30H2,1,3-16H3/t32-,33-,34+. The minimum atomic E-state index is -1.98. The molecule has 0 spiro atoms. The van der Waals surface area contributed by atoms with Crippen molar-refractivity contribution < 1.29 is 28.2 Å². The second kappa shape index (κ2) is 19.0. The Hall–Kier alpha value is -2.61. The molecule has 336 valence electrons. The first-order valence-corrected chi connectivity index (χ1v) is 33.2. The molecule has 3 aromatic rings. The molecule has 3 atom stereocenters. The van der Waals surface area contributed by atoms with E-state index in [2.05, 4.69) is 84.6 Å². The largest absolute Gasteiger partial charge is 0.494 e. The summed E-state index contributed by atoms with van der Waals surface area (Å²) in [5.74, 6) is 1.35. The van der Waals surface area contributed by atoms with Crippen molar-refractivity contribution in [2.45, 2.75) is 174 Å². The van der Waals surface area contributed by atoms with Gasteiger partial charge in [-0.25, -0.2) is 14.8 Å². The molecule has 12 nitrogen and oxygen atoms in total. The predicted octanol–water partition coefficient (Wildman–Crippen LogP) is 11.5. The van der Waals surface area contributed by atoms with Crippen LogP contribution in [0.4, 0.5) is 10.6 Å². The summed E-state index contributed by atoms with van der Waals surface area (Å²) in [5.41, 5.74) is 2.77. The monoisotopic (exact) mass is 900 g/mol. The van der Waals surface area contributed by atoms with Crippen molar-refractivity contribution in [2.24, 2.45) is 0 Å². The van der Waals surface area contributed by atoms with Gasteiger partial charge in [0.15, 0.2) is 14.0 Å². The van der Waals surface area contributed by atoms with Crippen molar-refractivity contribution in [3.63, 3.8) is 0 Å². The number of thiazole rings is 1. The van der Waals surface area contributed by atoms with Crippen LogP contribution in [0.1, 0.15) is 96.3 Å². The molecule has 2 aliphatic heterocycles. The fourth-order valence-electron chi connectivity index (χ4n) is 7.51. The van der Waals surface area contributed by atoms with Crippen LogP contribution in [0.3, 0.4) is 0 Å². The Morgan fingerprint density at radius 2 is 1.50 bits per heavy atom. The zero-order chi connectivity index (χ0) is 44.4. The number of carbonyl (C=O) groups is 1. The third kappa shape index (κ3) is 12.3. The van der Waals surface area contributed by atoms with Gasteiger partial charge in [0.25, 0.3) is 0 Å². The van der Waals surface area contributed by atoms with Crippen LogP contribution in [-0.2, 0) is 30.0 Å². The van der Waals surface area contributed by atoms with Crippen LogP contribution in [0.2, 0.25) is 69.5 Å². The molecule has 1 amide bonds. The average Bonchev–Trinajstić information content (AvgIpc) is 3.83. The highest BCUT2D eigenvalue weighted by molar-refractivity contribution is 7.15. The molecule has 5 heterocycles. The number of ether oxygens (including phenoxy) is 4. The maximum absolute atomic E-state index is 13.6. The van der Waals surface area contributed by atoms with Crippen LogP contribution >= 0.6 is 11.3 Å². The number of carbonyl (C=O) groups excluding carboxylic acids is 1. The summed E-state index contributed by atoms with van der Waals surface area (Å²) < 4.78 is 33.8. The lowest BCUT2D eigenvalue weighted by Crippen LogP contribution is -2.48. The number of hydrogen-bond acceptors (Lipinski definition) is 11. The van der Waals surface area contributed by atoms with Crippen LogP contribution in [0.25, 0.3) is 21.8 Å². The molecule has 5 rings (SSSR count). The first-order valence-electron chi connectivity index (χ1n) is 22.0. The number of piperidine rings is 1. The normalized spacial score (nSPS) is 19.0. The Bertz CT molecular complexity index is 1910. The summed E-state index contributed by atoms with van der Waals surface area (Å²) in [6, 6.07) is 2.17. The molecule has 2 bridgehead atoms. The summed E-state index contributed by atoms with van der Waals surface area (Å²) in [4.78, 5) is 29.1. The van der Waals surface area contributed by atoms with Crippen molar-refractivity contribution in [2.75, 3.05) is 38.2 Å². The van der Waals surface area contributed by atoms with Gasteiger partial charge < -0.3 is 33.2 Å². The maximum atomic E-state index is 13.6. The van der Waals surface area contributed by atoms with E-state index in [-0.39, 0.29) is 29.1 Å². The van der Waals surface area contributed by atoms with Gasteiger partial charge in [-0.05, 0) is 83.6 Å². The number of rotatable bonds is 19. The Labute approximate surface area is 367 Å². The second-order valence-electron chi connectivity index (χ2n) is 21.7. The highest BCUT2D eigenvalue weighted by Crippen LogP contribution is 2.47. The molecule has 0 unspecified atom stereocenters. The van der Waals surface area contributed by atoms with Gasteiger partial charge in [-0.3, -0.25) is 0 Å². The minimum Gasteiger partial charge on any atom is -0.494 e. The van der Waals surface area contributed by atoms with Crippen molar-refractivity contribution in [1.29, 1.82) is 0 Å². The molecule has 16 heteroatoms. The Morgan fingerprint density at radius 1 is 0.917 bits per heavy atom. The quantitative estimate of drug-likeness (QED) is 0.0499. The summed E-state index contributed by atoms with van der Waals surface area (Å²) >= 11 is 1.63. The zero-order valence-electron chi connectivity index (χ0n) is 39.6. The fourth-order valence-corrected chi connectivity index (χ4v) is 10.9. The summed E-state index contributed by atoms with van der Waals surface area (Å²) in [5, 5.41) is 6.11. The molecular weight excluding hydrogens is 825 g/mol. The third-order valence-electron chi connectivity index (χ3n) is 11.9. The predicted molar refractivity (Wildman–Crippen MR) is 254 cm³/mol. The van der Waals surface area contributed by atoms with Crippen molar-refractivity contribution in [3.8, 4) is 10.4 Å². The van der Waals surface area contributed by atoms with Crippen molar-refractivity contribution in [3.05, 3.63) is 35.2 Å². The number of amides is 1. The molecule has 3 aromatic heterocycles. The van der Waals surface area contributed by atoms with E-state index in [0.717, 1.165) is 75.9 Å². The van der Waals surface area contributed by atoms with E-state index in [1.807, 2.05) is 49.5 Å². The van der Waals surface area contributed by atoms with E-state index in [9.17, 15) is 4.79 Å². The van der Waals surface area contributed by atoms with Crippen LogP contribution in [-0.4, -0.2) is 106 Å². The first-order chi connectivity index (χ1) is 27.8. The van der Waals surface area contributed by atoms with Crippen LogP contribution in [0, 0.1) is 0 Å². The second-order valence-corrected chi connectivity index (χ2v) is 38.9. The molecule has 0 N–H and O–H groups in total. The third-order valence-corrected chi connectivity index (χ3v) is 20.8. The molecule has 0 aromatic carbocycles. The summed E-state index contributed by atoms with van der Waals surface area (Å²) in [6.45, 7) is 40.7. The number of hydrogen-bond donors (Lipinski definition) is 0. The van der Waals surface area contributed by atoms with Gasteiger partial charge in [0, 0.05) is 53.6 Å². The molecular formula is C44H76N6O6SSi3. The Kier molecular flexibility index (Phi) is 15.3. The van der Waals surface area contributed by atoms with E-state index in [1.165, 1.54) is 0 Å². The number of nitrogens with zero attached hydrogens (tertiary/aromatic N) is 6. The highest BCUT2D eigenvalue weighted by Gasteiger charge is 2.47. The maximum Gasteiger partial charge on any atom is 0.410 e. The molecule has 0 radical (unpaired) electrons. The van der Waals surface area contributed by atoms with E-state index in [1.54, 1.807) is 11.3 Å². The van der Waals surface area contributed by atoms with E-state index in [4.69, 9.17) is 38.4 Å². The van der Waals surface area contributed by atoms with Gasteiger partial charge in [0.1, 0.15) is 35.6 Å². The number of anilines is 1. The SMILES string of the molecule is C=C(OCC)c1c([C@@H]2C[C@H]3CC[C@@H](C2)N3C(=O)OC(C)(C)C)nc2c(-c3cnc(CO[Si](C)(C)C(C)(C)C)s3)cnn2c1N(COCC[Si](C)(C)C)COCC[Si](C)(C)C. The smallest absolute Gasteiger partial charge is 0.410 e. The van der Waals surface area contributed by atoms with Crippen molar-refractivity contribution >= 4 is 59.1 Å². The van der Waals surface area contributed by atoms with Crippen molar-refractivity contribution in [1.82, 2.24) is 24.5 Å². The summed E-state index contributed by atoms with van der Waals surface area (Å²) in [7, 11) is -4.68. The van der Waals surface area contributed by atoms with Gasteiger partial charge in [-0.15, -0.1) is 11.3 Å². The lowest BCUT2D eigenvalue weighted by Gasteiger charge is -2.40. The molecule has 2 fully saturated rings. The zero-order valence-corrected chi connectivity index (χ0v) is 43.4. The molecule has 60 heavy (non-hydrogen) atoms. The van der Waals surface area contributed by atoms with Crippen LogP contribution < -0.4 is 4.90 Å². The highest BCUT2D eigenvalue weighted by atomic mass is 32.1. The Balaban J connectivity index is 1.65. The minimum absolute atomic E-state index is 0.0253. The molecule has 0 saturated carbocycles. The van der Waals surface area contributed by atoms with Crippen LogP contribution in [0.5, 0.6) is 0 Å². The average molecular weight is 901 g/mol.